The van der Waals surface area contributed by atoms with Gasteiger partial charge in [-0.2, -0.15) is 0 Å². The number of nitrogens with zero attached hydrogens (tertiary/aromatic N) is 1. The second kappa shape index (κ2) is 2.88. The average molecular weight is 143 g/mol. The van der Waals surface area contributed by atoms with Crippen molar-refractivity contribution in [2.75, 3.05) is 6.54 Å². The molecule has 58 valence electrons. The smallest absolute Gasteiger partial charge is 0.326 e. The molecule has 1 atom stereocenters. The molecule has 0 aromatic heterocycles. The van der Waals surface area contributed by atoms with E-state index in [2.05, 4.69) is 12.3 Å². The molecule has 0 bridgehead atoms. The van der Waals surface area contributed by atoms with Crippen molar-refractivity contribution >= 4 is 6.03 Å². The van der Waals surface area contributed by atoms with Crippen LogP contribution < -0.4 is 11.2 Å². The molecule has 3 N–H and O–H groups in total. The Morgan fingerprint density at radius 3 is 2.90 bits per heavy atom. The van der Waals surface area contributed by atoms with Crippen LogP contribution in [0.3, 0.4) is 0 Å². The molecule has 0 radical (unpaired) electrons. The number of rotatable bonds is 1. The molecule has 4 nitrogen and oxygen atoms in total. The maximum absolute atomic E-state index is 10.4. The first kappa shape index (κ1) is 7.34. The number of primary amides is 1. The van der Waals surface area contributed by atoms with Crippen LogP contribution in [-0.4, -0.2) is 23.6 Å². The summed E-state index contributed by atoms with van der Waals surface area (Å²) in [5.74, 6) is 0. The van der Waals surface area contributed by atoms with Crippen LogP contribution in [0, 0.1) is 0 Å². The minimum Gasteiger partial charge on any atom is -0.351 e. The minimum atomic E-state index is -0.464. The molecule has 1 heterocycles. The van der Waals surface area contributed by atoms with E-state index in [1.807, 2.05) is 5.01 Å². The number of carbonyl (C=O) groups is 1. The molecule has 10 heavy (non-hydrogen) atoms. The van der Waals surface area contributed by atoms with Crippen LogP contribution in [0.5, 0.6) is 0 Å². The normalized spacial score (nSPS) is 26.7. The SMILES string of the molecule is CC1CCCN1NC(N)=O. The zero-order valence-electron chi connectivity index (χ0n) is 6.13. The Balaban J connectivity index is 2.33. The van der Waals surface area contributed by atoms with Crippen molar-refractivity contribution in [3.8, 4) is 0 Å². The lowest BCUT2D eigenvalue weighted by molar-refractivity contribution is 0.178. The number of carbonyl (C=O) groups excluding carboxylic acids is 1. The topological polar surface area (TPSA) is 58.4 Å². The van der Waals surface area contributed by atoms with Crippen molar-refractivity contribution in [1.82, 2.24) is 10.4 Å². The molecular weight excluding hydrogens is 130 g/mol. The lowest BCUT2D eigenvalue weighted by Crippen LogP contribution is -2.46. The molecule has 0 aromatic rings. The van der Waals surface area contributed by atoms with Crippen molar-refractivity contribution in [3.05, 3.63) is 0 Å². The highest BCUT2D eigenvalue weighted by Crippen LogP contribution is 2.12. The van der Waals surface area contributed by atoms with Crippen molar-refractivity contribution in [2.45, 2.75) is 25.8 Å². The first-order chi connectivity index (χ1) is 4.70. The quantitative estimate of drug-likeness (QED) is 0.545. The monoisotopic (exact) mass is 143 g/mol. The summed E-state index contributed by atoms with van der Waals surface area (Å²) < 4.78 is 0. The third-order valence-corrected chi connectivity index (χ3v) is 1.81. The lowest BCUT2D eigenvalue weighted by atomic mass is 10.3. The van der Waals surface area contributed by atoms with Crippen molar-refractivity contribution in [1.29, 1.82) is 0 Å². The van der Waals surface area contributed by atoms with E-state index in [0.29, 0.717) is 6.04 Å². The van der Waals surface area contributed by atoms with Crippen LogP contribution in [0.1, 0.15) is 19.8 Å². The van der Waals surface area contributed by atoms with E-state index in [1.165, 1.54) is 0 Å². The zero-order chi connectivity index (χ0) is 7.56. The van der Waals surface area contributed by atoms with E-state index in [9.17, 15) is 4.79 Å². The minimum absolute atomic E-state index is 0.437. The van der Waals surface area contributed by atoms with Gasteiger partial charge in [-0.15, -0.1) is 0 Å². The largest absolute Gasteiger partial charge is 0.351 e. The predicted octanol–water partition coefficient (Wildman–Crippen LogP) is 0.0540. The molecule has 1 rings (SSSR count). The molecule has 1 aliphatic rings. The molecule has 0 aromatic carbocycles. The van der Waals surface area contributed by atoms with Gasteiger partial charge in [0, 0.05) is 12.6 Å². The lowest BCUT2D eigenvalue weighted by Gasteiger charge is -2.19. The predicted molar refractivity (Wildman–Crippen MR) is 38.1 cm³/mol. The summed E-state index contributed by atoms with van der Waals surface area (Å²) >= 11 is 0. The van der Waals surface area contributed by atoms with Crippen LogP contribution in [0.25, 0.3) is 0 Å². The first-order valence-electron chi connectivity index (χ1n) is 3.53. The Morgan fingerprint density at radius 1 is 1.80 bits per heavy atom. The standard InChI is InChI=1S/C6H13N3O/c1-5-3-2-4-9(5)8-6(7)10/h5H,2-4H2,1H3,(H3,7,8,10). The molecule has 2 amide bonds. The van der Waals surface area contributed by atoms with E-state index < -0.39 is 6.03 Å². The molecule has 0 aliphatic carbocycles. The molecule has 1 aliphatic heterocycles. The maximum Gasteiger partial charge on any atom is 0.326 e. The summed E-state index contributed by atoms with van der Waals surface area (Å²) in [6.07, 6.45) is 2.28. The molecule has 1 fully saturated rings. The van der Waals surface area contributed by atoms with Crippen LogP contribution in [-0.2, 0) is 0 Å². The van der Waals surface area contributed by atoms with Gasteiger partial charge in [0.25, 0.3) is 0 Å². The summed E-state index contributed by atoms with van der Waals surface area (Å²) in [7, 11) is 0. The Morgan fingerprint density at radius 2 is 2.50 bits per heavy atom. The number of nitrogens with two attached hydrogens (primary N) is 1. The summed E-state index contributed by atoms with van der Waals surface area (Å²) in [6.45, 7) is 2.99. The highest BCUT2D eigenvalue weighted by Gasteiger charge is 2.20. The number of hydrogen-bond acceptors (Lipinski definition) is 2. The highest BCUT2D eigenvalue weighted by atomic mass is 16.2. The van der Waals surface area contributed by atoms with E-state index in [-0.39, 0.29) is 0 Å². The fraction of sp³-hybridized carbons (Fsp3) is 0.833. The molecule has 1 unspecified atom stereocenters. The molecule has 0 spiro atoms. The van der Waals surface area contributed by atoms with E-state index in [4.69, 9.17) is 5.73 Å². The first-order valence-corrected chi connectivity index (χ1v) is 3.53. The Bertz CT molecular complexity index is 137. The molecular formula is C6H13N3O. The van der Waals surface area contributed by atoms with Gasteiger partial charge in [0.05, 0.1) is 0 Å². The summed E-state index contributed by atoms with van der Waals surface area (Å²) in [5, 5.41) is 1.88. The van der Waals surface area contributed by atoms with Crippen molar-refractivity contribution in [2.24, 2.45) is 5.73 Å². The zero-order valence-corrected chi connectivity index (χ0v) is 6.13. The van der Waals surface area contributed by atoms with E-state index in [1.54, 1.807) is 0 Å². The van der Waals surface area contributed by atoms with Crippen LogP contribution >= 0.6 is 0 Å². The Kier molecular flexibility index (Phi) is 2.11. The number of amides is 2. The number of hydrazine groups is 1. The Labute approximate surface area is 60.3 Å². The maximum atomic E-state index is 10.4. The molecule has 0 saturated carbocycles. The van der Waals surface area contributed by atoms with Gasteiger partial charge in [-0.05, 0) is 19.8 Å². The summed E-state index contributed by atoms with van der Waals surface area (Å²) in [5.41, 5.74) is 7.51. The van der Waals surface area contributed by atoms with Crippen LogP contribution in [0.4, 0.5) is 4.79 Å². The van der Waals surface area contributed by atoms with Crippen molar-refractivity contribution < 1.29 is 4.79 Å². The average Bonchev–Trinajstić information content (AvgIpc) is 2.15. The number of nitrogens with one attached hydrogen (secondary N) is 1. The van der Waals surface area contributed by atoms with Gasteiger partial charge in [-0.3, -0.25) is 5.43 Å². The Hall–Kier alpha value is -0.770. The van der Waals surface area contributed by atoms with Gasteiger partial charge in [-0.25, -0.2) is 9.80 Å². The highest BCUT2D eigenvalue weighted by molar-refractivity contribution is 5.71. The number of hydrogen-bond donors (Lipinski definition) is 2. The van der Waals surface area contributed by atoms with Gasteiger partial charge in [0.2, 0.25) is 0 Å². The third-order valence-electron chi connectivity index (χ3n) is 1.81. The second-order valence-corrected chi connectivity index (χ2v) is 2.66. The second-order valence-electron chi connectivity index (χ2n) is 2.66. The number of urea groups is 1. The molecule has 4 heteroatoms. The van der Waals surface area contributed by atoms with Crippen molar-refractivity contribution in [3.63, 3.8) is 0 Å². The third kappa shape index (κ3) is 1.60. The van der Waals surface area contributed by atoms with Gasteiger partial charge in [0.15, 0.2) is 0 Å². The van der Waals surface area contributed by atoms with E-state index >= 15 is 0 Å². The van der Waals surface area contributed by atoms with Gasteiger partial charge >= 0.3 is 6.03 Å². The van der Waals surface area contributed by atoms with Gasteiger partial charge < -0.3 is 5.73 Å². The van der Waals surface area contributed by atoms with Crippen LogP contribution in [0.2, 0.25) is 0 Å². The van der Waals surface area contributed by atoms with Gasteiger partial charge in [0.1, 0.15) is 0 Å². The summed E-state index contributed by atoms with van der Waals surface area (Å²) in [4.78, 5) is 10.4. The van der Waals surface area contributed by atoms with Gasteiger partial charge in [-0.1, -0.05) is 0 Å². The van der Waals surface area contributed by atoms with Crippen LogP contribution in [0.15, 0.2) is 0 Å². The fourth-order valence-corrected chi connectivity index (χ4v) is 1.24. The summed E-state index contributed by atoms with van der Waals surface area (Å²) in [6, 6.07) is -0.0266. The fourth-order valence-electron chi connectivity index (χ4n) is 1.24. The van der Waals surface area contributed by atoms with E-state index in [0.717, 1.165) is 19.4 Å². The molecule has 1 saturated heterocycles.